The second kappa shape index (κ2) is 8.47. The van der Waals surface area contributed by atoms with Crippen LogP contribution in [0.4, 0.5) is 4.39 Å². The maximum Gasteiger partial charge on any atom is 0.222 e. The van der Waals surface area contributed by atoms with Crippen molar-refractivity contribution in [3.63, 3.8) is 0 Å². The predicted molar refractivity (Wildman–Crippen MR) is 89.4 cm³/mol. The number of rotatable bonds is 6. The van der Waals surface area contributed by atoms with E-state index >= 15 is 0 Å². The van der Waals surface area contributed by atoms with Gasteiger partial charge in [0.05, 0.1) is 12.7 Å². The topological polar surface area (TPSA) is 38.8 Å². The van der Waals surface area contributed by atoms with E-state index in [4.69, 9.17) is 9.47 Å². The van der Waals surface area contributed by atoms with Crippen molar-refractivity contribution in [1.82, 2.24) is 4.90 Å². The number of ether oxygens (including phenoxy) is 2. The number of hydrogen-bond acceptors (Lipinski definition) is 3. The van der Waals surface area contributed by atoms with E-state index < -0.39 is 0 Å². The fourth-order valence-electron chi connectivity index (χ4n) is 3.49. The maximum atomic E-state index is 12.9. The lowest BCUT2D eigenvalue weighted by molar-refractivity contribution is -0.133. The second-order valence-electron chi connectivity index (χ2n) is 6.79. The van der Waals surface area contributed by atoms with E-state index in [0.717, 1.165) is 51.8 Å². The van der Waals surface area contributed by atoms with Gasteiger partial charge in [0, 0.05) is 32.0 Å². The van der Waals surface area contributed by atoms with Crippen LogP contribution >= 0.6 is 0 Å². The summed E-state index contributed by atoms with van der Waals surface area (Å²) >= 11 is 0. The highest BCUT2D eigenvalue weighted by Gasteiger charge is 2.25. The van der Waals surface area contributed by atoms with E-state index in [1.165, 1.54) is 12.1 Å². The van der Waals surface area contributed by atoms with Crippen molar-refractivity contribution in [3.8, 4) is 5.75 Å². The Hall–Kier alpha value is -1.62. The van der Waals surface area contributed by atoms with Crippen molar-refractivity contribution in [2.45, 2.75) is 44.6 Å². The molecule has 2 aliphatic rings. The number of nitrogens with zero attached hydrogens (tertiary/aromatic N) is 1. The number of piperidine rings is 1. The summed E-state index contributed by atoms with van der Waals surface area (Å²) in [6, 6.07) is 6.08. The van der Waals surface area contributed by atoms with E-state index in [9.17, 15) is 9.18 Å². The third-order valence-electron chi connectivity index (χ3n) is 4.88. The molecule has 4 nitrogen and oxygen atoms in total. The van der Waals surface area contributed by atoms with Crippen LogP contribution in [0.1, 0.15) is 38.5 Å². The minimum absolute atomic E-state index is 0.233. The molecule has 5 heteroatoms. The number of benzene rings is 1. The average molecular weight is 335 g/mol. The Balaban J connectivity index is 1.41. The highest BCUT2D eigenvalue weighted by molar-refractivity contribution is 5.76. The van der Waals surface area contributed by atoms with Gasteiger partial charge in [-0.05, 0) is 56.4 Å². The van der Waals surface area contributed by atoms with Crippen LogP contribution < -0.4 is 4.74 Å². The molecule has 0 radical (unpaired) electrons. The summed E-state index contributed by atoms with van der Waals surface area (Å²) in [5.74, 6) is 0.994. The Morgan fingerprint density at radius 3 is 2.83 bits per heavy atom. The third-order valence-corrected chi connectivity index (χ3v) is 4.88. The zero-order chi connectivity index (χ0) is 16.8. The summed E-state index contributed by atoms with van der Waals surface area (Å²) in [5.41, 5.74) is 0. The van der Waals surface area contributed by atoms with Crippen molar-refractivity contribution in [1.29, 1.82) is 0 Å². The van der Waals surface area contributed by atoms with Crippen molar-refractivity contribution in [2.24, 2.45) is 5.92 Å². The standard InChI is InChI=1S/C19H26FNO3/c20-16-5-7-18(8-6-16)24-14-15-3-1-11-21(13-15)19(22)10-9-17-4-2-12-23-17/h5-8,15,17H,1-4,9-14H2/t15-,17+/m1/s1. The summed E-state index contributed by atoms with van der Waals surface area (Å²) in [4.78, 5) is 14.4. The fraction of sp³-hybridized carbons (Fsp3) is 0.632. The summed E-state index contributed by atoms with van der Waals surface area (Å²) in [6.45, 7) is 3.01. The Morgan fingerprint density at radius 2 is 2.08 bits per heavy atom. The molecule has 0 aliphatic carbocycles. The number of amides is 1. The Morgan fingerprint density at radius 1 is 1.25 bits per heavy atom. The van der Waals surface area contributed by atoms with E-state index in [0.29, 0.717) is 24.7 Å². The molecule has 24 heavy (non-hydrogen) atoms. The first-order chi connectivity index (χ1) is 11.7. The molecule has 1 aromatic rings. The molecule has 2 atom stereocenters. The first-order valence-corrected chi connectivity index (χ1v) is 8.98. The monoisotopic (exact) mass is 335 g/mol. The van der Waals surface area contributed by atoms with Gasteiger partial charge in [-0.3, -0.25) is 4.79 Å². The van der Waals surface area contributed by atoms with E-state index in [-0.39, 0.29) is 17.8 Å². The SMILES string of the molecule is O=C(CC[C@@H]1CCCO1)N1CCC[C@@H](COc2ccc(F)cc2)C1. The molecule has 0 aromatic heterocycles. The molecule has 1 amide bonds. The normalized spacial score (nSPS) is 24.1. The van der Waals surface area contributed by atoms with Crippen LogP contribution in [0.25, 0.3) is 0 Å². The minimum atomic E-state index is -0.261. The quantitative estimate of drug-likeness (QED) is 0.800. The maximum absolute atomic E-state index is 12.9. The van der Waals surface area contributed by atoms with Gasteiger partial charge in [0.15, 0.2) is 0 Å². The molecular formula is C19H26FNO3. The van der Waals surface area contributed by atoms with Crippen molar-refractivity contribution in [2.75, 3.05) is 26.3 Å². The van der Waals surface area contributed by atoms with Crippen LogP contribution in [0, 0.1) is 11.7 Å². The highest BCUT2D eigenvalue weighted by atomic mass is 19.1. The first-order valence-electron chi connectivity index (χ1n) is 8.98. The predicted octanol–water partition coefficient (Wildman–Crippen LogP) is 3.40. The average Bonchev–Trinajstić information content (AvgIpc) is 3.13. The summed E-state index contributed by atoms with van der Waals surface area (Å²) < 4.78 is 24.2. The van der Waals surface area contributed by atoms with Gasteiger partial charge >= 0.3 is 0 Å². The number of carbonyl (C=O) groups excluding carboxylic acids is 1. The smallest absolute Gasteiger partial charge is 0.222 e. The fourth-order valence-corrected chi connectivity index (χ4v) is 3.49. The largest absolute Gasteiger partial charge is 0.493 e. The molecule has 2 fully saturated rings. The molecule has 0 saturated carbocycles. The summed E-state index contributed by atoms with van der Waals surface area (Å²) in [7, 11) is 0. The van der Waals surface area contributed by atoms with Crippen molar-refractivity contribution in [3.05, 3.63) is 30.1 Å². The molecule has 0 N–H and O–H groups in total. The van der Waals surface area contributed by atoms with E-state index in [1.807, 2.05) is 4.90 Å². The highest BCUT2D eigenvalue weighted by Crippen LogP contribution is 2.22. The lowest BCUT2D eigenvalue weighted by Crippen LogP contribution is -2.41. The second-order valence-corrected chi connectivity index (χ2v) is 6.79. The number of likely N-dealkylation sites (tertiary alicyclic amines) is 1. The molecule has 0 unspecified atom stereocenters. The molecule has 0 bridgehead atoms. The zero-order valence-corrected chi connectivity index (χ0v) is 14.1. The van der Waals surface area contributed by atoms with E-state index in [1.54, 1.807) is 12.1 Å². The first kappa shape index (κ1) is 17.2. The minimum Gasteiger partial charge on any atom is -0.493 e. The van der Waals surface area contributed by atoms with Crippen molar-refractivity contribution < 1.29 is 18.7 Å². The van der Waals surface area contributed by atoms with E-state index in [2.05, 4.69) is 0 Å². The number of hydrogen-bond donors (Lipinski definition) is 0. The van der Waals surface area contributed by atoms with Gasteiger partial charge in [0.1, 0.15) is 11.6 Å². The molecule has 2 aliphatic heterocycles. The molecule has 2 saturated heterocycles. The lowest BCUT2D eigenvalue weighted by Gasteiger charge is -2.33. The molecule has 0 spiro atoms. The Bertz CT molecular complexity index is 528. The van der Waals surface area contributed by atoms with Crippen LogP contribution in [0.15, 0.2) is 24.3 Å². The van der Waals surface area contributed by atoms with Crippen LogP contribution in [0.5, 0.6) is 5.75 Å². The summed E-state index contributed by atoms with van der Waals surface area (Å²) in [5, 5.41) is 0. The van der Waals surface area contributed by atoms with Gasteiger partial charge in [-0.2, -0.15) is 0 Å². The van der Waals surface area contributed by atoms with Gasteiger partial charge in [-0.15, -0.1) is 0 Å². The summed E-state index contributed by atoms with van der Waals surface area (Å²) in [6.07, 6.45) is 5.98. The molecule has 132 valence electrons. The Kier molecular flexibility index (Phi) is 6.07. The van der Waals surface area contributed by atoms with Gasteiger partial charge in [0.2, 0.25) is 5.91 Å². The lowest BCUT2D eigenvalue weighted by atomic mass is 9.98. The van der Waals surface area contributed by atoms with Gasteiger partial charge in [-0.25, -0.2) is 4.39 Å². The molecule has 3 rings (SSSR count). The van der Waals surface area contributed by atoms with Crippen LogP contribution in [0.2, 0.25) is 0 Å². The number of carbonyl (C=O) groups is 1. The van der Waals surface area contributed by atoms with Crippen LogP contribution in [0.3, 0.4) is 0 Å². The van der Waals surface area contributed by atoms with Gasteiger partial charge < -0.3 is 14.4 Å². The zero-order valence-electron chi connectivity index (χ0n) is 14.1. The molecular weight excluding hydrogens is 309 g/mol. The number of halogens is 1. The Labute approximate surface area is 142 Å². The van der Waals surface area contributed by atoms with Crippen LogP contribution in [-0.4, -0.2) is 43.2 Å². The van der Waals surface area contributed by atoms with Gasteiger partial charge in [0.25, 0.3) is 0 Å². The van der Waals surface area contributed by atoms with Gasteiger partial charge in [-0.1, -0.05) is 0 Å². The molecule has 2 heterocycles. The third kappa shape index (κ3) is 4.94. The van der Waals surface area contributed by atoms with Crippen molar-refractivity contribution >= 4 is 5.91 Å². The molecule has 1 aromatic carbocycles. The van der Waals surface area contributed by atoms with Crippen LogP contribution in [-0.2, 0) is 9.53 Å².